The van der Waals surface area contributed by atoms with E-state index in [0.29, 0.717) is 13.2 Å². The maximum Gasteiger partial charge on any atom is 0.234 e. The summed E-state index contributed by atoms with van der Waals surface area (Å²) in [6.07, 6.45) is 0.813. The number of carbonyl (C=O) groups excluding carboxylic acids is 1. The number of nitrogens with zero attached hydrogens (tertiary/aromatic N) is 2. The number of fused-ring (bicyclic) bond motifs is 1. The molecule has 0 unspecified atom stereocenters. The molecule has 23 heavy (non-hydrogen) atoms. The van der Waals surface area contributed by atoms with Gasteiger partial charge in [-0.2, -0.15) is 0 Å². The number of hydrogen-bond donors (Lipinski definition) is 2. The third-order valence-corrected chi connectivity index (χ3v) is 4.54. The van der Waals surface area contributed by atoms with E-state index in [4.69, 9.17) is 9.84 Å². The molecule has 1 saturated heterocycles. The number of rotatable bonds is 5. The summed E-state index contributed by atoms with van der Waals surface area (Å²) in [5.41, 5.74) is 1.07. The smallest absolute Gasteiger partial charge is 0.234 e. The molecule has 0 aliphatic carbocycles. The Hall–Kier alpha value is -1.63. The van der Waals surface area contributed by atoms with Gasteiger partial charge in [-0.15, -0.1) is 0 Å². The van der Waals surface area contributed by atoms with Gasteiger partial charge in [0.2, 0.25) is 5.91 Å². The van der Waals surface area contributed by atoms with Crippen LogP contribution in [0.5, 0.6) is 5.75 Å². The van der Waals surface area contributed by atoms with Crippen molar-refractivity contribution in [2.75, 3.05) is 52.5 Å². The van der Waals surface area contributed by atoms with Crippen LogP contribution in [0, 0.1) is 0 Å². The number of β-amino-alcohol motifs (C(OH)–C–C–N with tert-alkyl or cyclic N) is 1. The standard InChI is InChI=1S/C17H25N3O3/c21-11-10-19-6-8-20(9-7-19)13-17(22)18-15-5-12-23-16-4-2-1-3-14(15)16/h1-4,15,21H,5-13H2,(H,18,22)/t15-/m1/s1. The Morgan fingerprint density at radius 2 is 1.96 bits per heavy atom. The van der Waals surface area contributed by atoms with Crippen molar-refractivity contribution in [2.24, 2.45) is 0 Å². The van der Waals surface area contributed by atoms with Crippen molar-refractivity contribution in [3.05, 3.63) is 29.8 Å². The summed E-state index contributed by atoms with van der Waals surface area (Å²) in [5, 5.41) is 12.1. The number of hydrogen-bond acceptors (Lipinski definition) is 5. The molecule has 2 aliphatic rings. The molecule has 0 bridgehead atoms. The molecule has 2 N–H and O–H groups in total. The quantitative estimate of drug-likeness (QED) is 0.814. The van der Waals surface area contributed by atoms with Gasteiger partial charge in [0, 0.05) is 44.7 Å². The predicted octanol–water partition coefficient (Wildman–Crippen LogP) is 0.236. The maximum atomic E-state index is 12.3. The SMILES string of the molecule is O=C(CN1CCN(CCO)CC1)N[C@@H]1CCOc2ccccc21. The zero-order valence-electron chi connectivity index (χ0n) is 13.4. The van der Waals surface area contributed by atoms with Gasteiger partial charge in [0.1, 0.15) is 5.75 Å². The van der Waals surface area contributed by atoms with Gasteiger partial charge in [0.25, 0.3) is 0 Å². The second-order valence-corrected chi connectivity index (χ2v) is 6.14. The number of piperazine rings is 1. The minimum atomic E-state index is 0.0446. The summed E-state index contributed by atoms with van der Waals surface area (Å²) in [5.74, 6) is 0.948. The summed E-state index contributed by atoms with van der Waals surface area (Å²) >= 11 is 0. The molecule has 1 aromatic carbocycles. The first-order chi connectivity index (χ1) is 11.3. The van der Waals surface area contributed by atoms with E-state index in [-0.39, 0.29) is 18.6 Å². The van der Waals surface area contributed by atoms with Crippen molar-refractivity contribution < 1.29 is 14.6 Å². The fourth-order valence-electron chi connectivity index (χ4n) is 3.25. The van der Waals surface area contributed by atoms with E-state index < -0.39 is 0 Å². The molecule has 1 fully saturated rings. The lowest BCUT2D eigenvalue weighted by Crippen LogP contribution is -2.50. The normalized spacial score (nSPS) is 22.2. The van der Waals surface area contributed by atoms with Gasteiger partial charge in [-0.25, -0.2) is 0 Å². The van der Waals surface area contributed by atoms with E-state index in [0.717, 1.165) is 50.5 Å². The van der Waals surface area contributed by atoms with Crippen LogP contribution in [0.1, 0.15) is 18.0 Å². The van der Waals surface area contributed by atoms with Crippen LogP contribution in [0.3, 0.4) is 0 Å². The first kappa shape index (κ1) is 16.2. The van der Waals surface area contributed by atoms with E-state index in [9.17, 15) is 4.79 Å². The van der Waals surface area contributed by atoms with E-state index in [2.05, 4.69) is 15.1 Å². The zero-order valence-corrected chi connectivity index (χ0v) is 13.4. The zero-order chi connectivity index (χ0) is 16.1. The van der Waals surface area contributed by atoms with Gasteiger partial charge in [-0.05, 0) is 6.07 Å². The van der Waals surface area contributed by atoms with Crippen LogP contribution in [0.15, 0.2) is 24.3 Å². The first-order valence-electron chi connectivity index (χ1n) is 8.33. The molecule has 2 heterocycles. The number of para-hydroxylation sites is 1. The van der Waals surface area contributed by atoms with E-state index in [1.807, 2.05) is 24.3 Å². The summed E-state index contributed by atoms with van der Waals surface area (Å²) in [6, 6.07) is 7.95. The number of aliphatic hydroxyl groups is 1. The van der Waals surface area contributed by atoms with Crippen molar-refractivity contribution in [1.29, 1.82) is 0 Å². The second kappa shape index (κ2) is 7.77. The van der Waals surface area contributed by atoms with Crippen LogP contribution in [-0.4, -0.2) is 73.3 Å². The number of nitrogens with one attached hydrogen (secondary N) is 1. The van der Waals surface area contributed by atoms with Gasteiger partial charge in [0.05, 0.1) is 25.8 Å². The average Bonchev–Trinajstić information content (AvgIpc) is 2.57. The summed E-state index contributed by atoms with van der Waals surface area (Å²) in [7, 11) is 0. The van der Waals surface area contributed by atoms with Gasteiger partial charge in [0.15, 0.2) is 0 Å². The fourth-order valence-corrected chi connectivity index (χ4v) is 3.25. The summed E-state index contributed by atoms with van der Waals surface area (Å²) in [6.45, 7) is 5.56. The topological polar surface area (TPSA) is 65.0 Å². The molecule has 126 valence electrons. The fraction of sp³-hybridized carbons (Fsp3) is 0.588. The molecule has 3 rings (SSSR count). The maximum absolute atomic E-state index is 12.3. The Balaban J connectivity index is 1.49. The number of ether oxygens (including phenoxy) is 1. The third kappa shape index (κ3) is 4.22. The minimum Gasteiger partial charge on any atom is -0.493 e. The molecule has 1 atom stereocenters. The lowest BCUT2D eigenvalue weighted by molar-refractivity contribution is -0.123. The van der Waals surface area contributed by atoms with Crippen LogP contribution < -0.4 is 10.1 Å². The average molecular weight is 319 g/mol. The van der Waals surface area contributed by atoms with E-state index >= 15 is 0 Å². The Kier molecular flexibility index (Phi) is 5.48. The highest BCUT2D eigenvalue weighted by Gasteiger charge is 2.24. The molecular weight excluding hydrogens is 294 g/mol. The molecule has 0 saturated carbocycles. The van der Waals surface area contributed by atoms with Crippen molar-refractivity contribution in [3.63, 3.8) is 0 Å². The number of carbonyl (C=O) groups is 1. The lowest BCUT2D eigenvalue weighted by Gasteiger charge is -2.34. The molecule has 0 aromatic heterocycles. The molecule has 1 aromatic rings. The lowest BCUT2D eigenvalue weighted by atomic mass is 10.0. The summed E-state index contributed by atoms with van der Waals surface area (Å²) in [4.78, 5) is 16.7. The molecule has 6 nitrogen and oxygen atoms in total. The van der Waals surface area contributed by atoms with Gasteiger partial charge >= 0.3 is 0 Å². The minimum absolute atomic E-state index is 0.0446. The second-order valence-electron chi connectivity index (χ2n) is 6.14. The van der Waals surface area contributed by atoms with Crippen molar-refractivity contribution in [3.8, 4) is 5.75 Å². The molecule has 1 amide bonds. The van der Waals surface area contributed by atoms with Crippen LogP contribution >= 0.6 is 0 Å². The van der Waals surface area contributed by atoms with Crippen LogP contribution in [0.2, 0.25) is 0 Å². The largest absolute Gasteiger partial charge is 0.493 e. The van der Waals surface area contributed by atoms with E-state index in [1.54, 1.807) is 0 Å². The Morgan fingerprint density at radius 1 is 1.22 bits per heavy atom. The highest BCUT2D eigenvalue weighted by atomic mass is 16.5. The highest BCUT2D eigenvalue weighted by molar-refractivity contribution is 5.78. The predicted molar refractivity (Wildman–Crippen MR) is 87.4 cm³/mol. The number of aliphatic hydroxyl groups excluding tert-OH is 1. The van der Waals surface area contributed by atoms with Gasteiger partial charge < -0.3 is 15.2 Å². The van der Waals surface area contributed by atoms with Crippen molar-refractivity contribution in [1.82, 2.24) is 15.1 Å². The molecular formula is C17H25N3O3. The highest BCUT2D eigenvalue weighted by Crippen LogP contribution is 2.31. The summed E-state index contributed by atoms with van der Waals surface area (Å²) < 4.78 is 5.63. The Bertz CT molecular complexity index is 530. The first-order valence-corrected chi connectivity index (χ1v) is 8.33. The Morgan fingerprint density at radius 3 is 2.74 bits per heavy atom. The van der Waals surface area contributed by atoms with Crippen molar-refractivity contribution >= 4 is 5.91 Å². The van der Waals surface area contributed by atoms with Crippen LogP contribution in [0.4, 0.5) is 0 Å². The van der Waals surface area contributed by atoms with Crippen molar-refractivity contribution in [2.45, 2.75) is 12.5 Å². The number of amides is 1. The van der Waals surface area contributed by atoms with E-state index in [1.165, 1.54) is 0 Å². The molecule has 0 spiro atoms. The van der Waals surface area contributed by atoms with Crippen LogP contribution in [0.25, 0.3) is 0 Å². The third-order valence-electron chi connectivity index (χ3n) is 4.54. The Labute approximate surface area is 137 Å². The van der Waals surface area contributed by atoms with Crippen LogP contribution in [-0.2, 0) is 4.79 Å². The monoisotopic (exact) mass is 319 g/mol. The molecule has 0 radical (unpaired) electrons. The van der Waals surface area contributed by atoms with Gasteiger partial charge in [-0.3, -0.25) is 14.6 Å². The van der Waals surface area contributed by atoms with Gasteiger partial charge in [-0.1, -0.05) is 18.2 Å². The molecule has 2 aliphatic heterocycles. The molecule has 6 heteroatoms. The number of benzene rings is 1.